The molecule has 0 bridgehead atoms. The zero-order chi connectivity index (χ0) is 13.9. The first-order chi connectivity index (χ1) is 9.01. The second-order valence-electron chi connectivity index (χ2n) is 5.90. The molecule has 2 unspecified atom stereocenters. The highest BCUT2D eigenvalue weighted by Gasteiger charge is 2.34. The van der Waals surface area contributed by atoms with Crippen LogP contribution in [0.3, 0.4) is 0 Å². The molecule has 3 nitrogen and oxygen atoms in total. The van der Waals surface area contributed by atoms with Crippen LogP contribution < -0.4 is 5.73 Å². The van der Waals surface area contributed by atoms with Crippen molar-refractivity contribution in [2.24, 2.45) is 11.7 Å². The van der Waals surface area contributed by atoms with Crippen LogP contribution in [0.2, 0.25) is 0 Å². The molecule has 4 heteroatoms. The van der Waals surface area contributed by atoms with Crippen LogP contribution in [0.15, 0.2) is 30.3 Å². The number of amides is 1. The van der Waals surface area contributed by atoms with E-state index >= 15 is 0 Å². The predicted molar refractivity (Wildman–Crippen MR) is 84.8 cm³/mol. The van der Waals surface area contributed by atoms with Crippen molar-refractivity contribution in [1.29, 1.82) is 0 Å². The Balaban J connectivity index is 0.00000200. The minimum atomic E-state index is -0.922. The molecule has 0 aliphatic carbocycles. The van der Waals surface area contributed by atoms with Crippen LogP contribution in [0, 0.1) is 5.92 Å². The van der Waals surface area contributed by atoms with Crippen molar-refractivity contribution in [1.82, 2.24) is 4.90 Å². The number of carbonyl (C=O) groups excluding carboxylic acids is 1. The average molecular weight is 297 g/mol. The third-order valence-electron chi connectivity index (χ3n) is 4.12. The van der Waals surface area contributed by atoms with Crippen LogP contribution in [0.4, 0.5) is 0 Å². The summed E-state index contributed by atoms with van der Waals surface area (Å²) >= 11 is 0. The summed E-state index contributed by atoms with van der Waals surface area (Å²) in [6, 6.07) is 9.66. The van der Waals surface area contributed by atoms with E-state index in [0.717, 1.165) is 31.5 Å². The van der Waals surface area contributed by atoms with Gasteiger partial charge in [0.15, 0.2) is 0 Å². The fourth-order valence-electron chi connectivity index (χ4n) is 2.70. The van der Waals surface area contributed by atoms with E-state index in [9.17, 15) is 4.79 Å². The van der Waals surface area contributed by atoms with Crippen LogP contribution in [-0.4, -0.2) is 23.9 Å². The third-order valence-corrected chi connectivity index (χ3v) is 4.12. The lowest BCUT2D eigenvalue weighted by Gasteiger charge is -2.31. The van der Waals surface area contributed by atoms with Gasteiger partial charge in [0.25, 0.3) is 0 Å². The van der Waals surface area contributed by atoms with Gasteiger partial charge < -0.3 is 10.6 Å². The molecule has 2 N–H and O–H groups in total. The Kier molecular flexibility index (Phi) is 6.03. The molecule has 1 aliphatic rings. The molecule has 0 spiro atoms. The molecule has 1 aromatic rings. The van der Waals surface area contributed by atoms with E-state index in [1.54, 1.807) is 0 Å². The molecule has 1 aromatic carbocycles. The van der Waals surface area contributed by atoms with Gasteiger partial charge in [-0.25, -0.2) is 0 Å². The van der Waals surface area contributed by atoms with Gasteiger partial charge in [-0.1, -0.05) is 37.3 Å². The second-order valence-corrected chi connectivity index (χ2v) is 5.90. The van der Waals surface area contributed by atoms with Gasteiger partial charge in [-0.15, -0.1) is 12.4 Å². The van der Waals surface area contributed by atoms with Gasteiger partial charge in [-0.2, -0.15) is 0 Å². The molecular formula is C16H25ClN2O. The van der Waals surface area contributed by atoms with Gasteiger partial charge >= 0.3 is 0 Å². The first-order valence-corrected chi connectivity index (χ1v) is 7.15. The number of likely N-dealkylation sites (tertiary alicyclic amines) is 1. The van der Waals surface area contributed by atoms with Crippen LogP contribution in [0.5, 0.6) is 0 Å². The van der Waals surface area contributed by atoms with Crippen LogP contribution in [-0.2, 0) is 10.3 Å². The zero-order valence-electron chi connectivity index (χ0n) is 12.3. The van der Waals surface area contributed by atoms with E-state index in [2.05, 4.69) is 6.92 Å². The summed E-state index contributed by atoms with van der Waals surface area (Å²) in [7, 11) is 0. The van der Waals surface area contributed by atoms with Crippen molar-refractivity contribution in [3.8, 4) is 0 Å². The van der Waals surface area contributed by atoms with Crippen molar-refractivity contribution in [2.45, 2.75) is 38.6 Å². The lowest BCUT2D eigenvalue weighted by Crippen LogP contribution is -2.51. The van der Waals surface area contributed by atoms with Gasteiger partial charge in [0.2, 0.25) is 5.91 Å². The summed E-state index contributed by atoms with van der Waals surface area (Å²) in [6.07, 6.45) is 3.37. The first-order valence-electron chi connectivity index (χ1n) is 7.15. The fourth-order valence-corrected chi connectivity index (χ4v) is 2.70. The monoisotopic (exact) mass is 296 g/mol. The molecule has 2 rings (SSSR count). The number of nitrogens with zero attached hydrogens (tertiary/aromatic N) is 1. The molecule has 0 saturated carbocycles. The molecule has 1 aliphatic heterocycles. The van der Waals surface area contributed by atoms with Crippen molar-refractivity contribution in [3.63, 3.8) is 0 Å². The molecule has 2 atom stereocenters. The van der Waals surface area contributed by atoms with Crippen LogP contribution >= 0.6 is 12.4 Å². The van der Waals surface area contributed by atoms with Crippen molar-refractivity contribution in [2.75, 3.05) is 13.1 Å². The number of carbonyl (C=O) groups is 1. The summed E-state index contributed by atoms with van der Waals surface area (Å²) in [5.74, 6) is 0.756. The summed E-state index contributed by atoms with van der Waals surface area (Å²) < 4.78 is 0. The van der Waals surface area contributed by atoms with Crippen LogP contribution in [0.25, 0.3) is 0 Å². The van der Waals surface area contributed by atoms with E-state index in [-0.39, 0.29) is 18.3 Å². The summed E-state index contributed by atoms with van der Waals surface area (Å²) in [6.45, 7) is 5.74. The number of rotatable bonds is 2. The Labute approximate surface area is 127 Å². The molecule has 1 fully saturated rings. The number of hydrogen-bond donors (Lipinski definition) is 1. The molecule has 1 saturated heterocycles. The molecule has 112 valence electrons. The second kappa shape index (κ2) is 7.09. The normalized spacial score (nSPS) is 22.4. The zero-order valence-corrected chi connectivity index (χ0v) is 13.2. The summed E-state index contributed by atoms with van der Waals surface area (Å²) in [5.41, 5.74) is 6.27. The topological polar surface area (TPSA) is 46.3 Å². The Hall–Kier alpha value is -1.06. The molecule has 1 heterocycles. The summed E-state index contributed by atoms with van der Waals surface area (Å²) in [4.78, 5) is 14.6. The molecule has 20 heavy (non-hydrogen) atoms. The van der Waals surface area contributed by atoms with Crippen molar-refractivity contribution in [3.05, 3.63) is 35.9 Å². The highest BCUT2D eigenvalue weighted by molar-refractivity contribution is 5.87. The Morgan fingerprint density at radius 3 is 2.55 bits per heavy atom. The van der Waals surface area contributed by atoms with Crippen molar-refractivity contribution < 1.29 is 4.79 Å². The van der Waals surface area contributed by atoms with E-state index in [4.69, 9.17) is 5.73 Å². The third kappa shape index (κ3) is 3.74. The Morgan fingerprint density at radius 2 is 1.90 bits per heavy atom. The van der Waals surface area contributed by atoms with E-state index < -0.39 is 5.54 Å². The number of halogens is 1. The molecule has 0 aromatic heterocycles. The van der Waals surface area contributed by atoms with Crippen LogP contribution in [0.1, 0.15) is 38.7 Å². The predicted octanol–water partition coefficient (Wildman–Crippen LogP) is 2.93. The molecule has 0 radical (unpaired) electrons. The summed E-state index contributed by atoms with van der Waals surface area (Å²) in [5, 5.41) is 0. The van der Waals surface area contributed by atoms with Crippen molar-refractivity contribution >= 4 is 18.3 Å². The number of hydrogen-bond acceptors (Lipinski definition) is 2. The van der Waals surface area contributed by atoms with E-state index in [0.29, 0.717) is 5.92 Å². The van der Waals surface area contributed by atoms with E-state index in [1.807, 2.05) is 42.2 Å². The van der Waals surface area contributed by atoms with Gasteiger partial charge in [0, 0.05) is 13.1 Å². The maximum Gasteiger partial charge on any atom is 0.246 e. The van der Waals surface area contributed by atoms with Gasteiger partial charge in [-0.3, -0.25) is 4.79 Å². The molecular weight excluding hydrogens is 272 g/mol. The van der Waals surface area contributed by atoms with Gasteiger partial charge in [-0.05, 0) is 37.7 Å². The van der Waals surface area contributed by atoms with E-state index in [1.165, 1.54) is 6.42 Å². The Bertz CT molecular complexity index is 433. The molecule has 1 amide bonds. The smallest absolute Gasteiger partial charge is 0.246 e. The van der Waals surface area contributed by atoms with Gasteiger partial charge in [0.05, 0.1) is 0 Å². The lowest BCUT2D eigenvalue weighted by atomic mass is 9.91. The maximum absolute atomic E-state index is 12.7. The average Bonchev–Trinajstić information content (AvgIpc) is 2.63. The maximum atomic E-state index is 12.7. The lowest BCUT2D eigenvalue weighted by molar-refractivity contribution is -0.136. The van der Waals surface area contributed by atoms with Gasteiger partial charge in [0.1, 0.15) is 5.54 Å². The quantitative estimate of drug-likeness (QED) is 0.912. The minimum Gasteiger partial charge on any atom is -0.341 e. The first kappa shape index (κ1) is 17.0. The number of benzene rings is 1. The number of nitrogens with two attached hydrogens (primary N) is 1. The standard InChI is InChI=1S/C16H24N2O.ClH/c1-13-7-6-11-18(12-10-13)15(19)16(2,17)14-8-4-3-5-9-14;/h3-5,8-9,13H,6-7,10-12,17H2,1-2H3;1H. The Morgan fingerprint density at radius 1 is 1.25 bits per heavy atom. The highest BCUT2D eigenvalue weighted by Crippen LogP contribution is 2.23. The SMILES string of the molecule is CC1CCCN(C(=O)C(C)(N)c2ccccc2)CC1.Cl. The highest BCUT2D eigenvalue weighted by atomic mass is 35.5. The fraction of sp³-hybridized carbons (Fsp3) is 0.562. The minimum absolute atomic E-state index is 0. The largest absolute Gasteiger partial charge is 0.341 e.